The molecule has 2 aromatic heterocycles. The van der Waals surface area contributed by atoms with Gasteiger partial charge in [0.1, 0.15) is 5.15 Å². The van der Waals surface area contributed by atoms with Crippen LogP contribution in [0.5, 0.6) is 0 Å². The SMILES string of the molecule is Clc1cccc(Cc2nc3cccc(Cl)n3n2)c1. The molecule has 0 saturated carbocycles. The molecule has 0 amide bonds. The molecule has 0 aliphatic heterocycles. The minimum atomic E-state index is 0.553. The zero-order valence-electron chi connectivity index (χ0n) is 9.35. The Morgan fingerprint density at radius 3 is 2.67 bits per heavy atom. The van der Waals surface area contributed by atoms with Gasteiger partial charge >= 0.3 is 0 Å². The van der Waals surface area contributed by atoms with Crippen molar-refractivity contribution in [2.45, 2.75) is 6.42 Å². The van der Waals surface area contributed by atoms with Crippen LogP contribution in [0.2, 0.25) is 10.2 Å². The standard InChI is InChI=1S/C13H9Cl2N3/c14-10-4-1-3-9(7-10)8-12-16-13-6-2-5-11(15)18(13)17-12/h1-7H,8H2. The van der Waals surface area contributed by atoms with Crippen LogP contribution in [0.3, 0.4) is 0 Å². The van der Waals surface area contributed by atoms with E-state index in [9.17, 15) is 0 Å². The molecule has 0 N–H and O–H groups in total. The monoisotopic (exact) mass is 277 g/mol. The smallest absolute Gasteiger partial charge is 0.157 e. The first-order valence-corrected chi connectivity index (χ1v) is 6.22. The lowest BCUT2D eigenvalue weighted by molar-refractivity contribution is 0.900. The third kappa shape index (κ3) is 2.19. The zero-order valence-corrected chi connectivity index (χ0v) is 10.9. The van der Waals surface area contributed by atoms with Gasteiger partial charge in [0.05, 0.1) is 0 Å². The van der Waals surface area contributed by atoms with Gasteiger partial charge in [-0.05, 0) is 29.8 Å². The van der Waals surface area contributed by atoms with Gasteiger partial charge < -0.3 is 0 Å². The number of hydrogen-bond donors (Lipinski definition) is 0. The summed E-state index contributed by atoms with van der Waals surface area (Å²) in [6.07, 6.45) is 0.637. The van der Waals surface area contributed by atoms with Crippen molar-refractivity contribution in [1.29, 1.82) is 0 Å². The molecular weight excluding hydrogens is 269 g/mol. The molecular formula is C13H9Cl2N3. The van der Waals surface area contributed by atoms with Gasteiger partial charge in [-0.2, -0.15) is 0 Å². The molecule has 0 saturated heterocycles. The third-order valence-corrected chi connectivity index (χ3v) is 3.13. The predicted molar refractivity (Wildman–Crippen MR) is 72.3 cm³/mol. The Morgan fingerprint density at radius 1 is 1.06 bits per heavy atom. The highest BCUT2D eigenvalue weighted by Crippen LogP contribution is 2.15. The molecule has 0 atom stereocenters. The first kappa shape index (κ1) is 11.5. The Hall–Kier alpha value is -1.58. The average Bonchev–Trinajstić information content (AvgIpc) is 2.73. The maximum absolute atomic E-state index is 6.04. The average molecular weight is 278 g/mol. The summed E-state index contributed by atoms with van der Waals surface area (Å²) in [4.78, 5) is 4.42. The van der Waals surface area contributed by atoms with Gasteiger partial charge in [0.15, 0.2) is 11.5 Å². The van der Waals surface area contributed by atoms with Crippen LogP contribution in [-0.2, 0) is 6.42 Å². The summed E-state index contributed by atoms with van der Waals surface area (Å²) in [5.41, 5.74) is 1.83. The molecule has 18 heavy (non-hydrogen) atoms. The lowest BCUT2D eigenvalue weighted by Crippen LogP contribution is -1.92. The summed E-state index contributed by atoms with van der Waals surface area (Å²) >= 11 is 12.0. The molecule has 0 spiro atoms. The summed E-state index contributed by atoms with van der Waals surface area (Å²) in [6, 6.07) is 13.2. The maximum Gasteiger partial charge on any atom is 0.157 e. The quantitative estimate of drug-likeness (QED) is 0.670. The molecule has 3 nitrogen and oxygen atoms in total. The molecule has 0 aliphatic carbocycles. The first-order valence-electron chi connectivity index (χ1n) is 5.47. The van der Waals surface area contributed by atoms with Gasteiger partial charge in [-0.25, -0.2) is 9.50 Å². The first-order chi connectivity index (χ1) is 8.72. The Labute approximate surface area is 114 Å². The van der Waals surface area contributed by atoms with Crippen LogP contribution in [0.25, 0.3) is 5.65 Å². The Balaban J connectivity index is 1.98. The number of pyridine rings is 1. The number of rotatable bonds is 2. The lowest BCUT2D eigenvalue weighted by atomic mass is 10.1. The van der Waals surface area contributed by atoms with Crippen molar-refractivity contribution in [1.82, 2.24) is 14.6 Å². The largest absolute Gasteiger partial charge is 0.212 e. The minimum absolute atomic E-state index is 0.553. The van der Waals surface area contributed by atoms with Crippen LogP contribution in [0.4, 0.5) is 0 Å². The van der Waals surface area contributed by atoms with Crippen LogP contribution < -0.4 is 0 Å². The van der Waals surface area contributed by atoms with Crippen molar-refractivity contribution in [3.63, 3.8) is 0 Å². The van der Waals surface area contributed by atoms with Gasteiger partial charge in [-0.15, -0.1) is 5.10 Å². The Morgan fingerprint density at radius 2 is 1.89 bits per heavy atom. The molecule has 2 heterocycles. The number of benzene rings is 1. The highest BCUT2D eigenvalue weighted by molar-refractivity contribution is 6.30. The predicted octanol–water partition coefficient (Wildman–Crippen LogP) is 3.63. The van der Waals surface area contributed by atoms with E-state index in [1.165, 1.54) is 0 Å². The second-order valence-electron chi connectivity index (χ2n) is 3.95. The van der Waals surface area contributed by atoms with Crippen molar-refractivity contribution in [2.75, 3.05) is 0 Å². The number of hydrogen-bond acceptors (Lipinski definition) is 2. The van der Waals surface area contributed by atoms with E-state index in [1.807, 2.05) is 36.4 Å². The van der Waals surface area contributed by atoms with E-state index in [2.05, 4.69) is 10.1 Å². The van der Waals surface area contributed by atoms with Gasteiger partial charge in [-0.1, -0.05) is 41.4 Å². The number of nitrogens with zero attached hydrogens (tertiary/aromatic N) is 3. The van der Waals surface area contributed by atoms with E-state index in [1.54, 1.807) is 10.6 Å². The van der Waals surface area contributed by atoms with Crippen molar-refractivity contribution < 1.29 is 0 Å². The number of halogens is 2. The highest BCUT2D eigenvalue weighted by Gasteiger charge is 2.06. The zero-order chi connectivity index (χ0) is 12.5. The second-order valence-corrected chi connectivity index (χ2v) is 4.78. The Bertz CT molecular complexity index is 706. The van der Waals surface area contributed by atoms with Crippen molar-refractivity contribution in [3.8, 4) is 0 Å². The highest BCUT2D eigenvalue weighted by atomic mass is 35.5. The van der Waals surface area contributed by atoms with Gasteiger partial charge in [0, 0.05) is 11.4 Å². The van der Waals surface area contributed by atoms with Crippen molar-refractivity contribution in [3.05, 3.63) is 64.0 Å². The van der Waals surface area contributed by atoms with Crippen LogP contribution in [0.1, 0.15) is 11.4 Å². The van der Waals surface area contributed by atoms with Crippen LogP contribution in [0, 0.1) is 0 Å². The van der Waals surface area contributed by atoms with Crippen LogP contribution in [-0.4, -0.2) is 14.6 Å². The van der Waals surface area contributed by atoms with E-state index in [-0.39, 0.29) is 0 Å². The number of fused-ring (bicyclic) bond motifs is 1. The summed E-state index contributed by atoms with van der Waals surface area (Å²) in [7, 11) is 0. The fourth-order valence-electron chi connectivity index (χ4n) is 1.82. The molecule has 5 heteroatoms. The van der Waals surface area contributed by atoms with Gasteiger partial charge in [0.2, 0.25) is 0 Å². The summed E-state index contributed by atoms with van der Waals surface area (Å²) in [5.74, 6) is 0.727. The third-order valence-electron chi connectivity index (χ3n) is 2.61. The van der Waals surface area contributed by atoms with Gasteiger partial charge in [-0.3, -0.25) is 0 Å². The summed E-state index contributed by atoms with van der Waals surface area (Å²) in [5, 5.41) is 5.64. The van der Waals surface area contributed by atoms with Crippen LogP contribution >= 0.6 is 23.2 Å². The van der Waals surface area contributed by atoms with E-state index in [4.69, 9.17) is 23.2 Å². The van der Waals surface area contributed by atoms with Gasteiger partial charge in [0.25, 0.3) is 0 Å². The minimum Gasteiger partial charge on any atom is -0.212 e. The summed E-state index contributed by atoms with van der Waals surface area (Å²) < 4.78 is 1.63. The topological polar surface area (TPSA) is 30.2 Å². The molecule has 0 aliphatic rings. The van der Waals surface area contributed by atoms with E-state index in [0.717, 1.165) is 17.0 Å². The fraction of sp³-hybridized carbons (Fsp3) is 0.0769. The molecule has 0 fully saturated rings. The van der Waals surface area contributed by atoms with E-state index >= 15 is 0 Å². The lowest BCUT2D eigenvalue weighted by Gasteiger charge is -1.97. The van der Waals surface area contributed by atoms with E-state index in [0.29, 0.717) is 16.6 Å². The molecule has 90 valence electrons. The molecule has 0 radical (unpaired) electrons. The number of aromatic nitrogens is 3. The molecule has 0 bridgehead atoms. The molecule has 0 unspecified atom stereocenters. The molecule has 1 aromatic carbocycles. The second kappa shape index (κ2) is 4.59. The van der Waals surface area contributed by atoms with Crippen molar-refractivity contribution >= 4 is 28.8 Å². The molecule has 3 aromatic rings. The summed E-state index contributed by atoms with van der Waals surface area (Å²) in [6.45, 7) is 0. The fourth-order valence-corrected chi connectivity index (χ4v) is 2.23. The Kier molecular flexibility index (Phi) is 2.94. The van der Waals surface area contributed by atoms with Crippen LogP contribution in [0.15, 0.2) is 42.5 Å². The van der Waals surface area contributed by atoms with Crippen molar-refractivity contribution in [2.24, 2.45) is 0 Å². The normalized spacial score (nSPS) is 11.0. The maximum atomic E-state index is 6.04. The molecule has 3 rings (SSSR count). The van der Waals surface area contributed by atoms with E-state index < -0.39 is 0 Å².